The second kappa shape index (κ2) is 11.1. The van der Waals surface area contributed by atoms with Crippen molar-refractivity contribution in [1.29, 1.82) is 0 Å². The molecule has 2 aromatic rings. The zero-order valence-electron chi connectivity index (χ0n) is 15.5. The third-order valence-electron chi connectivity index (χ3n) is 4.48. The van der Waals surface area contributed by atoms with Crippen LogP contribution in [0.15, 0.2) is 47.6 Å². The Hall–Kier alpha value is -1.90. The number of ether oxygens (including phenoxy) is 1. The summed E-state index contributed by atoms with van der Waals surface area (Å²) in [5, 5.41) is 6.35. The normalized spacial score (nSPS) is 14.5. The molecule has 1 saturated carbocycles. The lowest BCUT2D eigenvalue weighted by Gasteiger charge is -2.14. The van der Waals surface area contributed by atoms with E-state index in [0.29, 0.717) is 36.6 Å². The highest BCUT2D eigenvalue weighted by Gasteiger charge is 2.17. The average molecular weight is 484 g/mol. The molecule has 1 aliphatic carbocycles. The molecule has 1 aliphatic rings. The number of rotatable bonds is 6. The number of pyridine rings is 1. The highest BCUT2D eigenvalue weighted by molar-refractivity contribution is 14.0. The zero-order chi connectivity index (χ0) is 18.2. The number of halogens is 2. The van der Waals surface area contributed by atoms with Gasteiger partial charge in [0.2, 0.25) is 5.88 Å². The molecule has 2 N–H and O–H groups in total. The minimum Gasteiger partial charge on any atom is -0.474 e. The molecule has 1 aromatic carbocycles. The van der Waals surface area contributed by atoms with Crippen LogP contribution in [0.3, 0.4) is 0 Å². The maximum atomic E-state index is 13.7. The summed E-state index contributed by atoms with van der Waals surface area (Å²) in [5.41, 5.74) is 1.66. The van der Waals surface area contributed by atoms with Crippen LogP contribution in [0.4, 0.5) is 4.39 Å². The van der Waals surface area contributed by atoms with E-state index in [1.807, 2.05) is 18.2 Å². The molecule has 0 amide bonds. The lowest BCUT2D eigenvalue weighted by molar-refractivity contribution is 0.201. The van der Waals surface area contributed by atoms with Crippen molar-refractivity contribution in [2.24, 2.45) is 4.99 Å². The molecule has 1 aromatic heterocycles. The molecule has 1 heterocycles. The third-order valence-corrected chi connectivity index (χ3v) is 4.48. The smallest absolute Gasteiger partial charge is 0.213 e. The highest BCUT2D eigenvalue weighted by Crippen LogP contribution is 2.23. The predicted molar refractivity (Wildman–Crippen MR) is 116 cm³/mol. The van der Waals surface area contributed by atoms with Crippen molar-refractivity contribution in [2.45, 2.75) is 44.9 Å². The van der Waals surface area contributed by atoms with Crippen molar-refractivity contribution < 1.29 is 9.13 Å². The maximum absolute atomic E-state index is 13.7. The maximum Gasteiger partial charge on any atom is 0.213 e. The van der Waals surface area contributed by atoms with Gasteiger partial charge in [0.25, 0.3) is 0 Å². The monoisotopic (exact) mass is 484 g/mol. The molecule has 1 fully saturated rings. The molecule has 0 saturated heterocycles. The van der Waals surface area contributed by atoms with Gasteiger partial charge in [-0.2, -0.15) is 0 Å². The van der Waals surface area contributed by atoms with E-state index in [-0.39, 0.29) is 29.8 Å². The van der Waals surface area contributed by atoms with Crippen molar-refractivity contribution in [3.05, 3.63) is 59.5 Å². The van der Waals surface area contributed by atoms with Gasteiger partial charge < -0.3 is 15.4 Å². The first-order valence-electron chi connectivity index (χ1n) is 9.04. The first-order valence-corrected chi connectivity index (χ1v) is 9.04. The molecular formula is C20H26FIN4O. The predicted octanol–water partition coefficient (Wildman–Crippen LogP) is 4.03. The van der Waals surface area contributed by atoms with Crippen LogP contribution >= 0.6 is 24.0 Å². The molecule has 5 nitrogen and oxygen atoms in total. The van der Waals surface area contributed by atoms with Gasteiger partial charge in [0.05, 0.1) is 0 Å². The summed E-state index contributed by atoms with van der Waals surface area (Å²) in [5.74, 6) is 1.06. The van der Waals surface area contributed by atoms with Crippen molar-refractivity contribution in [3.8, 4) is 5.88 Å². The molecule has 0 aliphatic heterocycles. The van der Waals surface area contributed by atoms with Gasteiger partial charge in [-0.3, -0.25) is 4.99 Å². The standard InChI is InChI=1S/C20H25FN4O.HI/c1-22-20(25-14-16-6-2-5-9-18(16)21)24-13-15-10-11-23-19(12-15)26-17-7-3-4-8-17;/h2,5-6,9-12,17H,3-4,7-8,13-14H2,1H3,(H2,22,24,25);1H. The number of nitrogens with zero attached hydrogens (tertiary/aromatic N) is 2. The summed E-state index contributed by atoms with van der Waals surface area (Å²) in [6, 6.07) is 10.6. The van der Waals surface area contributed by atoms with Crippen LogP contribution in [-0.4, -0.2) is 24.1 Å². The summed E-state index contributed by atoms with van der Waals surface area (Å²) < 4.78 is 19.6. The van der Waals surface area contributed by atoms with Gasteiger partial charge >= 0.3 is 0 Å². The molecule has 0 radical (unpaired) electrons. The van der Waals surface area contributed by atoms with Crippen LogP contribution < -0.4 is 15.4 Å². The number of benzene rings is 1. The van der Waals surface area contributed by atoms with E-state index in [1.165, 1.54) is 18.9 Å². The van der Waals surface area contributed by atoms with Crippen molar-refractivity contribution in [1.82, 2.24) is 15.6 Å². The number of hydrogen-bond acceptors (Lipinski definition) is 3. The third kappa shape index (κ3) is 6.64. The van der Waals surface area contributed by atoms with Crippen LogP contribution in [0.25, 0.3) is 0 Å². The summed E-state index contributed by atoms with van der Waals surface area (Å²) in [6.45, 7) is 0.958. The Morgan fingerprint density at radius 2 is 1.93 bits per heavy atom. The number of guanidine groups is 1. The van der Waals surface area contributed by atoms with E-state index in [9.17, 15) is 4.39 Å². The molecule has 0 spiro atoms. The van der Waals surface area contributed by atoms with Gasteiger partial charge in [0, 0.05) is 38.0 Å². The van der Waals surface area contributed by atoms with Gasteiger partial charge in [-0.15, -0.1) is 24.0 Å². The van der Waals surface area contributed by atoms with Gasteiger partial charge in [-0.25, -0.2) is 9.37 Å². The van der Waals surface area contributed by atoms with Gasteiger partial charge in [-0.1, -0.05) is 18.2 Å². The van der Waals surface area contributed by atoms with Crippen LogP contribution in [0.5, 0.6) is 5.88 Å². The van der Waals surface area contributed by atoms with E-state index in [4.69, 9.17) is 4.74 Å². The van der Waals surface area contributed by atoms with Crippen LogP contribution in [0.2, 0.25) is 0 Å². The van der Waals surface area contributed by atoms with Crippen LogP contribution in [-0.2, 0) is 13.1 Å². The summed E-state index contributed by atoms with van der Waals surface area (Å²) in [7, 11) is 1.69. The SMILES string of the molecule is CN=C(NCc1ccnc(OC2CCCC2)c1)NCc1ccccc1F.I. The first-order chi connectivity index (χ1) is 12.7. The largest absolute Gasteiger partial charge is 0.474 e. The van der Waals surface area contributed by atoms with Crippen LogP contribution in [0.1, 0.15) is 36.8 Å². The Morgan fingerprint density at radius 1 is 1.19 bits per heavy atom. The minimum absolute atomic E-state index is 0. The lowest BCUT2D eigenvalue weighted by atomic mass is 10.2. The van der Waals surface area contributed by atoms with Gasteiger partial charge in [-0.05, 0) is 43.4 Å². The number of nitrogens with one attached hydrogen (secondary N) is 2. The molecule has 7 heteroatoms. The Labute approximate surface area is 176 Å². The second-order valence-corrected chi connectivity index (χ2v) is 6.40. The molecular weight excluding hydrogens is 458 g/mol. The average Bonchev–Trinajstić information content (AvgIpc) is 3.16. The van der Waals surface area contributed by atoms with Crippen molar-refractivity contribution in [2.75, 3.05) is 7.05 Å². The molecule has 27 heavy (non-hydrogen) atoms. The Kier molecular flexibility index (Phi) is 8.77. The zero-order valence-corrected chi connectivity index (χ0v) is 17.8. The first kappa shape index (κ1) is 21.4. The lowest BCUT2D eigenvalue weighted by Crippen LogP contribution is -2.36. The molecule has 3 rings (SSSR count). The second-order valence-electron chi connectivity index (χ2n) is 6.40. The van der Waals surface area contributed by atoms with E-state index in [1.54, 1.807) is 25.4 Å². The minimum atomic E-state index is -0.224. The molecule has 0 bridgehead atoms. The number of aliphatic imine (C=N–C) groups is 1. The van der Waals surface area contributed by atoms with Crippen molar-refractivity contribution >= 4 is 29.9 Å². The van der Waals surface area contributed by atoms with Crippen LogP contribution in [0, 0.1) is 5.82 Å². The molecule has 146 valence electrons. The fourth-order valence-electron chi connectivity index (χ4n) is 3.03. The number of hydrogen-bond donors (Lipinski definition) is 2. The van der Waals surface area contributed by atoms with E-state index >= 15 is 0 Å². The topological polar surface area (TPSA) is 58.5 Å². The fraction of sp³-hybridized carbons (Fsp3) is 0.400. The Balaban J connectivity index is 0.00000261. The van der Waals surface area contributed by atoms with Gasteiger partial charge in [0.1, 0.15) is 11.9 Å². The quantitative estimate of drug-likeness (QED) is 0.370. The molecule has 0 atom stereocenters. The summed E-state index contributed by atoms with van der Waals surface area (Å²) in [4.78, 5) is 8.48. The Bertz CT molecular complexity index is 750. The Morgan fingerprint density at radius 3 is 2.67 bits per heavy atom. The molecule has 0 unspecified atom stereocenters. The van der Waals surface area contributed by atoms with Gasteiger partial charge in [0.15, 0.2) is 5.96 Å². The highest BCUT2D eigenvalue weighted by atomic mass is 127. The summed E-state index contributed by atoms with van der Waals surface area (Å²) >= 11 is 0. The number of aromatic nitrogens is 1. The van der Waals surface area contributed by atoms with Crippen molar-refractivity contribution in [3.63, 3.8) is 0 Å². The van der Waals surface area contributed by atoms with E-state index < -0.39 is 0 Å². The fourth-order valence-corrected chi connectivity index (χ4v) is 3.03. The summed E-state index contributed by atoms with van der Waals surface area (Å²) in [6.07, 6.45) is 6.73. The van der Waals surface area contributed by atoms with E-state index in [0.717, 1.165) is 18.4 Å². The van der Waals surface area contributed by atoms with E-state index in [2.05, 4.69) is 20.6 Å².